The lowest BCUT2D eigenvalue weighted by molar-refractivity contribution is 0.647. The van der Waals surface area contributed by atoms with Crippen molar-refractivity contribution in [2.24, 2.45) is 0 Å². The largest absolute Gasteiger partial charge is 0.192 e. The summed E-state index contributed by atoms with van der Waals surface area (Å²) < 4.78 is -1.19. The zero-order valence-corrected chi connectivity index (χ0v) is 9.44. The van der Waals surface area contributed by atoms with Crippen LogP contribution in [0.3, 0.4) is 0 Å². The Morgan fingerprint density at radius 1 is 1.27 bits per heavy atom. The normalized spacial score (nSPS) is 15.0. The van der Waals surface area contributed by atoms with Crippen LogP contribution in [0.1, 0.15) is 32.6 Å². The van der Waals surface area contributed by atoms with Crippen LogP contribution < -0.4 is 0 Å². The van der Waals surface area contributed by atoms with Gasteiger partial charge in [0.1, 0.15) is 0 Å². The van der Waals surface area contributed by atoms with E-state index in [0.717, 1.165) is 19.3 Å². The molecule has 0 heterocycles. The van der Waals surface area contributed by atoms with Gasteiger partial charge in [-0.15, -0.1) is 11.6 Å². The summed E-state index contributed by atoms with van der Waals surface area (Å²) in [5.74, 6) is 0. The van der Waals surface area contributed by atoms with Crippen molar-refractivity contribution in [2.45, 2.75) is 41.8 Å². The molecule has 0 nitrogen and oxygen atoms in total. The molecule has 68 valence electrons. The van der Waals surface area contributed by atoms with E-state index in [2.05, 4.69) is 6.92 Å². The van der Waals surface area contributed by atoms with Gasteiger partial charge in [0.2, 0.25) is 0 Å². The average Bonchev–Trinajstić information content (AvgIpc) is 1.79. The van der Waals surface area contributed by atoms with E-state index in [1.165, 1.54) is 0 Å². The third kappa shape index (κ3) is 9.07. The Bertz CT molecular complexity index is 97.1. The summed E-state index contributed by atoms with van der Waals surface area (Å²) in [7, 11) is 0. The van der Waals surface area contributed by atoms with Gasteiger partial charge in [-0.2, -0.15) is 0 Å². The van der Waals surface area contributed by atoms with Gasteiger partial charge in [-0.1, -0.05) is 54.6 Å². The van der Waals surface area contributed by atoms with E-state index in [1.807, 2.05) is 0 Å². The smallest absolute Gasteiger partial charge is 0.123 e. The molecule has 0 N–H and O–H groups in total. The number of hydrogen-bond acceptors (Lipinski definition) is 0. The van der Waals surface area contributed by atoms with Gasteiger partial charge in [-0.05, 0) is 6.42 Å². The van der Waals surface area contributed by atoms with Crippen LogP contribution in [-0.4, -0.2) is 9.17 Å². The molecule has 0 aromatic rings. The lowest BCUT2D eigenvalue weighted by Crippen LogP contribution is -2.11. The SMILES string of the molecule is CCCC[C@@H](Cl)CC(Cl)(Cl)Cl. The Morgan fingerprint density at radius 2 is 1.82 bits per heavy atom. The summed E-state index contributed by atoms with van der Waals surface area (Å²) in [5, 5.41) is -0.0116. The maximum absolute atomic E-state index is 5.89. The van der Waals surface area contributed by atoms with E-state index in [9.17, 15) is 0 Å². The maximum atomic E-state index is 5.89. The third-order valence-corrected chi connectivity index (χ3v) is 2.16. The Morgan fingerprint density at radius 3 is 2.18 bits per heavy atom. The van der Waals surface area contributed by atoms with Gasteiger partial charge in [-0.3, -0.25) is 0 Å². The minimum absolute atomic E-state index is 0.0116. The first-order chi connectivity index (χ1) is 4.95. The Balaban J connectivity index is 3.44. The van der Waals surface area contributed by atoms with Crippen molar-refractivity contribution in [3.05, 3.63) is 0 Å². The van der Waals surface area contributed by atoms with Crippen molar-refractivity contribution in [1.29, 1.82) is 0 Å². The van der Waals surface area contributed by atoms with E-state index in [-0.39, 0.29) is 5.38 Å². The van der Waals surface area contributed by atoms with Gasteiger partial charge in [0.25, 0.3) is 0 Å². The summed E-state index contributed by atoms with van der Waals surface area (Å²) in [6, 6.07) is 0. The van der Waals surface area contributed by atoms with Crippen LogP contribution in [0, 0.1) is 0 Å². The number of unbranched alkanes of at least 4 members (excludes halogenated alkanes) is 1. The average molecular weight is 238 g/mol. The minimum atomic E-state index is -1.19. The molecule has 0 aliphatic carbocycles. The van der Waals surface area contributed by atoms with Crippen LogP contribution in [0.2, 0.25) is 0 Å². The fourth-order valence-electron chi connectivity index (χ4n) is 0.779. The number of halogens is 4. The molecule has 0 aromatic carbocycles. The Hall–Kier alpha value is 1.16. The second kappa shape index (κ2) is 5.75. The van der Waals surface area contributed by atoms with Crippen molar-refractivity contribution in [3.8, 4) is 0 Å². The van der Waals surface area contributed by atoms with Gasteiger partial charge >= 0.3 is 0 Å². The van der Waals surface area contributed by atoms with Crippen LogP contribution in [0.4, 0.5) is 0 Å². The minimum Gasteiger partial charge on any atom is -0.123 e. The quantitative estimate of drug-likeness (QED) is 0.630. The number of alkyl halides is 4. The van der Waals surface area contributed by atoms with Crippen molar-refractivity contribution < 1.29 is 0 Å². The van der Waals surface area contributed by atoms with Gasteiger partial charge < -0.3 is 0 Å². The zero-order valence-electron chi connectivity index (χ0n) is 6.42. The molecule has 0 aliphatic rings. The molecule has 0 aromatic heterocycles. The molecule has 11 heavy (non-hydrogen) atoms. The molecular formula is C7H12Cl4. The highest BCUT2D eigenvalue weighted by molar-refractivity contribution is 6.67. The monoisotopic (exact) mass is 236 g/mol. The standard InChI is InChI=1S/C7H12Cl4/c1-2-3-4-6(8)5-7(9,10)11/h6H,2-5H2,1H3/t6-/m1/s1. The topological polar surface area (TPSA) is 0 Å². The summed E-state index contributed by atoms with van der Waals surface area (Å²) in [6.07, 6.45) is 3.57. The first kappa shape index (κ1) is 12.2. The van der Waals surface area contributed by atoms with Crippen LogP contribution in [0.15, 0.2) is 0 Å². The van der Waals surface area contributed by atoms with E-state index in [0.29, 0.717) is 6.42 Å². The second-order valence-corrected chi connectivity index (χ2v) is 5.69. The molecule has 0 radical (unpaired) electrons. The van der Waals surface area contributed by atoms with Crippen molar-refractivity contribution in [3.63, 3.8) is 0 Å². The van der Waals surface area contributed by atoms with E-state index < -0.39 is 3.79 Å². The molecule has 0 saturated carbocycles. The summed E-state index contributed by atoms with van der Waals surface area (Å²) >= 11 is 22.6. The summed E-state index contributed by atoms with van der Waals surface area (Å²) in [4.78, 5) is 0. The van der Waals surface area contributed by atoms with E-state index in [1.54, 1.807) is 0 Å². The first-order valence-electron chi connectivity index (χ1n) is 3.66. The van der Waals surface area contributed by atoms with Crippen molar-refractivity contribution in [2.75, 3.05) is 0 Å². The van der Waals surface area contributed by atoms with Crippen molar-refractivity contribution >= 4 is 46.4 Å². The molecule has 0 saturated heterocycles. The zero-order chi connectivity index (χ0) is 8.91. The Kier molecular flexibility index (Phi) is 6.35. The summed E-state index contributed by atoms with van der Waals surface area (Å²) in [5.41, 5.74) is 0. The molecule has 4 heteroatoms. The molecular weight excluding hydrogens is 226 g/mol. The maximum Gasteiger partial charge on any atom is 0.192 e. The second-order valence-electron chi connectivity index (χ2n) is 2.56. The van der Waals surface area contributed by atoms with Gasteiger partial charge in [0.05, 0.1) is 0 Å². The van der Waals surface area contributed by atoms with Crippen molar-refractivity contribution in [1.82, 2.24) is 0 Å². The third-order valence-electron chi connectivity index (χ3n) is 1.32. The molecule has 0 aliphatic heterocycles. The van der Waals surface area contributed by atoms with E-state index in [4.69, 9.17) is 46.4 Å². The molecule has 1 atom stereocenters. The lowest BCUT2D eigenvalue weighted by Gasteiger charge is -2.14. The van der Waals surface area contributed by atoms with Crippen LogP contribution in [0.5, 0.6) is 0 Å². The van der Waals surface area contributed by atoms with Crippen LogP contribution >= 0.6 is 46.4 Å². The fraction of sp³-hybridized carbons (Fsp3) is 1.00. The number of hydrogen-bond donors (Lipinski definition) is 0. The number of rotatable bonds is 4. The highest BCUT2D eigenvalue weighted by Crippen LogP contribution is 2.34. The Labute approximate surface area is 88.1 Å². The summed E-state index contributed by atoms with van der Waals surface area (Å²) in [6.45, 7) is 2.11. The molecule has 0 fully saturated rings. The molecule has 0 rings (SSSR count). The van der Waals surface area contributed by atoms with E-state index >= 15 is 0 Å². The lowest BCUT2D eigenvalue weighted by atomic mass is 10.2. The molecule has 0 unspecified atom stereocenters. The molecule has 0 spiro atoms. The fourth-order valence-corrected chi connectivity index (χ4v) is 1.96. The predicted octanol–water partition coefficient (Wildman–Crippen LogP) is 4.54. The molecule has 0 amide bonds. The first-order valence-corrected chi connectivity index (χ1v) is 5.23. The molecule has 0 bridgehead atoms. The van der Waals surface area contributed by atoms with Gasteiger partial charge in [0.15, 0.2) is 3.79 Å². The highest BCUT2D eigenvalue weighted by atomic mass is 35.6. The van der Waals surface area contributed by atoms with Gasteiger partial charge in [0, 0.05) is 11.8 Å². The van der Waals surface area contributed by atoms with Gasteiger partial charge in [-0.25, -0.2) is 0 Å². The van der Waals surface area contributed by atoms with Crippen LogP contribution in [0.25, 0.3) is 0 Å². The van der Waals surface area contributed by atoms with Crippen LogP contribution in [-0.2, 0) is 0 Å². The highest BCUT2D eigenvalue weighted by Gasteiger charge is 2.23. The predicted molar refractivity (Wildman–Crippen MR) is 54.1 cm³/mol.